The van der Waals surface area contributed by atoms with Crippen LogP contribution < -0.4 is 5.32 Å². The zero-order valence-electron chi connectivity index (χ0n) is 11.4. The van der Waals surface area contributed by atoms with Crippen LogP contribution in [0.4, 0.5) is 4.39 Å². The number of benzene rings is 1. The fourth-order valence-corrected chi connectivity index (χ4v) is 2.99. The van der Waals surface area contributed by atoms with Crippen LogP contribution >= 0.6 is 11.3 Å². The van der Waals surface area contributed by atoms with Gasteiger partial charge in [0.05, 0.1) is 0 Å². The average molecular weight is 277 g/mol. The van der Waals surface area contributed by atoms with Gasteiger partial charge in [0.2, 0.25) is 0 Å². The molecule has 0 spiro atoms. The molecular formula is C16H20FNS. The van der Waals surface area contributed by atoms with Gasteiger partial charge in [-0.1, -0.05) is 19.1 Å². The maximum absolute atomic E-state index is 13.1. The van der Waals surface area contributed by atoms with E-state index in [2.05, 4.69) is 29.8 Å². The largest absolute Gasteiger partial charge is 0.309 e. The highest BCUT2D eigenvalue weighted by Crippen LogP contribution is 2.24. The summed E-state index contributed by atoms with van der Waals surface area (Å²) in [6, 6.07) is 9.63. The normalized spacial score (nSPS) is 12.6. The summed E-state index contributed by atoms with van der Waals surface area (Å²) in [5.74, 6) is -0.157. The minimum Gasteiger partial charge on any atom is -0.309 e. The Hall–Kier alpha value is -1.19. The lowest BCUT2D eigenvalue weighted by Crippen LogP contribution is -2.23. The Bertz CT molecular complexity index is 507. The summed E-state index contributed by atoms with van der Waals surface area (Å²) in [5, 5.41) is 5.68. The van der Waals surface area contributed by atoms with Crippen molar-refractivity contribution in [3.63, 3.8) is 0 Å². The molecule has 0 bridgehead atoms. The van der Waals surface area contributed by atoms with Gasteiger partial charge >= 0.3 is 0 Å². The molecule has 1 aromatic heterocycles. The highest BCUT2D eigenvalue weighted by atomic mass is 32.1. The van der Waals surface area contributed by atoms with Crippen LogP contribution in [-0.2, 0) is 6.42 Å². The number of rotatable bonds is 6. The molecule has 0 aliphatic carbocycles. The Labute approximate surface area is 118 Å². The van der Waals surface area contributed by atoms with Crippen LogP contribution in [0.2, 0.25) is 0 Å². The van der Waals surface area contributed by atoms with E-state index in [1.165, 1.54) is 10.4 Å². The Morgan fingerprint density at radius 2 is 2.16 bits per heavy atom. The highest BCUT2D eigenvalue weighted by Gasteiger charge is 2.13. The minimum atomic E-state index is -0.157. The number of hydrogen-bond donors (Lipinski definition) is 1. The first kappa shape index (κ1) is 14.2. The quantitative estimate of drug-likeness (QED) is 0.821. The topological polar surface area (TPSA) is 12.0 Å². The lowest BCUT2D eigenvalue weighted by molar-refractivity contribution is 0.534. The first-order valence-electron chi connectivity index (χ1n) is 6.72. The van der Waals surface area contributed by atoms with Gasteiger partial charge in [0.1, 0.15) is 5.82 Å². The van der Waals surface area contributed by atoms with Crippen molar-refractivity contribution < 1.29 is 4.39 Å². The summed E-state index contributed by atoms with van der Waals surface area (Å²) < 4.78 is 13.1. The number of nitrogens with one attached hydrogen (secondary N) is 1. The Morgan fingerprint density at radius 3 is 2.79 bits per heavy atom. The zero-order valence-corrected chi connectivity index (χ0v) is 12.3. The molecule has 3 heteroatoms. The standard InChI is InChI=1S/C16H20FNS/c1-3-8-18-15(16-5-4-9-19-16)11-13-6-7-14(17)10-12(13)2/h4-7,9-10,15,18H,3,8,11H2,1-2H3. The molecule has 0 aliphatic heterocycles. The van der Waals surface area contributed by atoms with E-state index in [1.54, 1.807) is 23.5 Å². The zero-order chi connectivity index (χ0) is 13.7. The van der Waals surface area contributed by atoms with Gasteiger partial charge in [0.15, 0.2) is 0 Å². The van der Waals surface area contributed by atoms with Gasteiger partial charge < -0.3 is 5.32 Å². The van der Waals surface area contributed by atoms with E-state index >= 15 is 0 Å². The summed E-state index contributed by atoms with van der Waals surface area (Å²) in [6.07, 6.45) is 2.02. The minimum absolute atomic E-state index is 0.157. The summed E-state index contributed by atoms with van der Waals surface area (Å²) in [5.41, 5.74) is 2.24. The predicted octanol–water partition coefficient (Wildman–Crippen LogP) is 4.48. The van der Waals surface area contributed by atoms with Crippen LogP contribution in [-0.4, -0.2) is 6.54 Å². The molecule has 102 valence electrons. The molecule has 1 N–H and O–H groups in total. The third-order valence-corrected chi connectivity index (χ3v) is 4.24. The van der Waals surface area contributed by atoms with Gasteiger partial charge in [-0.3, -0.25) is 0 Å². The third kappa shape index (κ3) is 3.88. The maximum atomic E-state index is 13.1. The molecule has 2 aromatic rings. The SMILES string of the molecule is CCCNC(Cc1ccc(F)cc1C)c1cccs1. The van der Waals surface area contributed by atoms with Crippen molar-refractivity contribution in [1.82, 2.24) is 5.32 Å². The summed E-state index contributed by atoms with van der Waals surface area (Å²) in [4.78, 5) is 1.34. The molecular weight excluding hydrogens is 257 g/mol. The van der Waals surface area contributed by atoms with Crippen molar-refractivity contribution in [2.75, 3.05) is 6.54 Å². The number of hydrogen-bond acceptors (Lipinski definition) is 2. The number of aryl methyl sites for hydroxylation is 1. The second-order valence-electron chi connectivity index (χ2n) is 4.80. The fraction of sp³-hybridized carbons (Fsp3) is 0.375. The molecule has 1 atom stereocenters. The number of thiophene rings is 1. The summed E-state index contributed by atoms with van der Waals surface area (Å²) in [6.45, 7) is 5.15. The van der Waals surface area contributed by atoms with E-state index in [4.69, 9.17) is 0 Å². The lowest BCUT2D eigenvalue weighted by atomic mass is 10.00. The molecule has 1 nitrogen and oxygen atoms in total. The maximum Gasteiger partial charge on any atom is 0.123 e. The van der Waals surface area contributed by atoms with Crippen LogP contribution in [0.1, 0.15) is 35.4 Å². The predicted molar refractivity (Wildman–Crippen MR) is 80.2 cm³/mol. The van der Waals surface area contributed by atoms with E-state index in [9.17, 15) is 4.39 Å². The van der Waals surface area contributed by atoms with Crippen molar-refractivity contribution in [3.8, 4) is 0 Å². The van der Waals surface area contributed by atoms with Gasteiger partial charge in [-0.25, -0.2) is 4.39 Å². The highest BCUT2D eigenvalue weighted by molar-refractivity contribution is 7.10. The smallest absolute Gasteiger partial charge is 0.123 e. The Balaban J connectivity index is 2.15. The van der Waals surface area contributed by atoms with Crippen molar-refractivity contribution in [2.24, 2.45) is 0 Å². The molecule has 1 unspecified atom stereocenters. The molecule has 2 rings (SSSR count). The van der Waals surface area contributed by atoms with Crippen molar-refractivity contribution in [2.45, 2.75) is 32.7 Å². The van der Waals surface area contributed by atoms with Crippen LogP contribution in [0, 0.1) is 12.7 Å². The van der Waals surface area contributed by atoms with E-state index in [0.29, 0.717) is 6.04 Å². The molecule has 1 aromatic carbocycles. The van der Waals surface area contributed by atoms with E-state index in [1.807, 2.05) is 13.0 Å². The molecule has 0 saturated carbocycles. The molecule has 0 amide bonds. The third-order valence-electron chi connectivity index (χ3n) is 3.26. The average Bonchev–Trinajstić information content (AvgIpc) is 2.90. The second-order valence-corrected chi connectivity index (χ2v) is 5.78. The van der Waals surface area contributed by atoms with E-state index < -0.39 is 0 Å². The van der Waals surface area contributed by atoms with Crippen LogP contribution in [0.5, 0.6) is 0 Å². The Morgan fingerprint density at radius 1 is 1.32 bits per heavy atom. The van der Waals surface area contributed by atoms with Crippen LogP contribution in [0.3, 0.4) is 0 Å². The van der Waals surface area contributed by atoms with Crippen LogP contribution in [0.15, 0.2) is 35.7 Å². The van der Waals surface area contributed by atoms with Crippen molar-refractivity contribution >= 4 is 11.3 Å². The van der Waals surface area contributed by atoms with Gasteiger partial charge in [-0.2, -0.15) is 0 Å². The van der Waals surface area contributed by atoms with Crippen molar-refractivity contribution in [3.05, 3.63) is 57.5 Å². The first-order valence-corrected chi connectivity index (χ1v) is 7.60. The lowest BCUT2D eigenvalue weighted by Gasteiger charge is -2.18. The van der Waals surface area contributed by atoms with Gasteiger partial charge in [0.25, 0.3) is 0 Å². The second kappa shape index (κ2) is 6.83. The molecule has 1 heterocycles. The number of halogens is 1. The fourth-order valence-electron chi connectivity index (χ4n) is 2.19. The Kier molecular flexibility index (Phi) is 5.11. The van der Waals surface area contributed by atoms with E-state index in [-0.39, 0.29) is 5.82 Å². The van der Waals surface area contributed by atoms with Gasteiger partial charge in [-0.15, -0.1) is 11.3 Å². The molecule has 0 radical (unpaired) electrons. The van der Waals surface area contributed by atoms with Gasteiger partial charge in [-0.05, 0) is 61.0 Å². The summed E-state index contributed by atoms with van der Waals surface area (Å²) in [7, 11) is 0. The van der Waals surface area contributed by atoms with Crippen molar-refractivity contribution in [1.29, 1.82) is 0 Å². The molecule has 0 saturated heterocycles. The molecule has 19 heavy (non-hydrogen) atoms. The first-order chi connectivity index (χ1) is 9.20. The van der Waals surface area contributed by atoms with Gasteiger partial charge in [0, 0.05) is 10.9 Å². The monoisotopic (exact) mass is 277 g/mol. The van der Waals surface area contributed by atoms with Crippen LogP contribution in [0.25, 0.3) is 0 Å². The molecule has 0 fully saturated rings. The van der Waals surface area contributed by atoms with E-state index in [0.717, 1.165) is 24.9 Å². The summed E-state index contributed by atoms with van der Waals surface area (Å²) >= 11 is 1.77. The molecule has 0 aliphatic rings.